The summed E-state index contributed by atoms with van der Waals surface area (Å²) in [6.07, 6.45) is 18.0. The Kier molecular flexibility index (Phi) is 7.00. The fourth-order valence-corrected chi connectivity index (χ4v) is 4.77. The van der Waals surface area contributed by atoms with E-state index < -0.39 is 0 Å². The SMILES string of the molecule is CC1CCCC(CCCCCCCC(=O)OC2CCC3OC3C2)C1. The first-order valence-electron chi connectivity index (χ1n) is 10.6. The summed E-state index contributed by atoms with van der Waals surface area (Å²) in [6.45, 7) is 2.41. The predicted octanol–water partition coefficient (Wildman–Crippen LogP) is 5.41. The van der Waals surface area contributed by atoms with Crippen LogP contribution in [0.15, 0.2) is 0 Å². The topological polar surface area (TPSA) is 38.8 Å². The lowest BCUT2D eigenvalue weighted by atomic mass is 9.80. The van der Waals surface area contributed by atoms with Crippen molar-refractivity contribution in [2.24, 2.45) is 11.8 Å². The summed E-state index contributed by atoms with van der Waals surface area (Å²) in [5.74, 6) is 1.96. The molecule has 0 aromatic heterocycles. The van der Waals surface area contributed by atoms with E-state index in [2.05, 4.69) is 6.92 Å². The summed E-state index contributed by atoms with van der Waals surface area (Å²) in [5.41, 5.74) is 0. The number of esters is 1. The quantitative estimate of drug-likeness (QED) is 0.321. The average Bonchev–Trinajstić information content (AvgIpc) is 3.32. The molecule has 0 aromatic rings. The highest BCUT2D eigenvalue weighted by Crippen LogP contribution is 2.37. The fraction of sp³-hybridized carbons (Fsp3) is 0.952. The zero-order chi connectivity index (χ0) is 16.8. The van der Waals surface area contributed by atoms with Gasteiger partial charge in [-0.25, -0.2) is 0 Å². The van der Waals surface area contributed by atoms with Crippen LogP contribution in [-0.4, -0.2) is 24.3 Å². The molecule has 3 aliphatic rings. The molecule has 5 atom stereocenters. The third-order valence-electron chi connectivity index (χ3n) is 6.29. The van der Waals surface area contributed by atoms with Crippen molar-refractivity contribution in [3.8, 4) is 0 Å². The number of hydrogen-bond donors (Lipinski definition) is 0. The van der Waals surface area contributed by atoms with E-state index >= 15 is 0 Å². The number of epoxide rings is 1. The van der Waals surface area contributed by atoms with Crippen molar-refractivity contribution in [1.29, 1.82) is 0 Å². The molecule has 0 aromatic carbocycles. The van der Waals surface area contributed by atoms with Crippen molar-refractivity contribution in [2.45, 2.75) is 115 Å². The molecule has 3 fully saturated rings. The Bertz CT molecular complexity index is 395. The van der Waals surface area contributed by atoms with Crippen LogP contribution >= 0.6 is 0 Å². The van der Waals surface area contributed by atoms with Crippen molar-refractivity contribution in [2.75, 3.05) is 0 Å². The first-order valence-corrected chi connectivity index (χ1v) is 10.6. The molecular weight excluding hydrogens is 300 g/mol. The van der Waals surface area contributed by atoms with Crippen LogP contribution in [-0.2, 0) is 14.3 Å². The Morgan fingerprint density at radius 3 is 2.62 bits per heavy atom. The van der Waals surface area contributed by atoms with Crippen molar-refractivity contribution < 1.29 is 14.3 Å². The molecule has 3 rings (SSSR count). The Hall–Kier alpha value is -0.570. The molecule has 3 heteroatoms. The third-order valence-corrected chi connectivity index (χ3v) is 6.29. The van der Waals surface area contributed by atoms with Crippen molar-refractivity contribution >= 4 is 5.97 Å². The summed E-state index contributed by atoms with van der Waals surface area (Å²) in [4.78, 5) is 11.9. The number of unbranched alkanes of at least 4 members (excludes halogenated alkanes) is 4. The van der Waals surface area contributed by atoms with Gasteiger partial charge in [-0.1, -0.05) is 58.3 Å². The van der Waals surface area contributed by atoms with Gasteiger partial charge in [0, 0.05) is 12.8 Å². The maximum absolute atomic E-state index is 11.9. The highest BCUT2D eigenvalue weighted by molar-refractivity contribution is 5.69. The second kappa shape index (κ2) is 9.22. The average molecular weight is 337 g/mol. The van der Waals surface area contributed by atoms with Crippen LogP contribution in [0, 0.1) is 11.8 Å². The van der Waals surface area contributed by atoms with Crippen molar-refractivity contribution in [3.63, 3.8) is 0 Å². The maximum atomic E-state index is 11.9. The minimum atomic E-state index is 0.00953. The van der Waals surface area contributed by atoms with Crippen LogP contribution < -0.4 is 0 Å². The lowest BCUT2D eigenvalue weighted by Crippen LogP contribution is -2.24. The van der Waals surface area contributed by atoms with Crippen LogP contribution in [0.25, 0.3) is 0 Å². The Morgan fingerprint density at radius 2 is 1.79 bits per heavy atom. The molecule has 3 nitrogen and oxygen atoms in total. The largest absolute Gasteiger partial charge is 0.462 e. The molecule has 0 N–H and O–H groups in total. The van der Waals surface area contributed by atoms with E-state index in [0.29, 0.717) is 18.6 Å². The van der Waals surface area contributed by atoms with Crippen molar-refractivity contribution in [3.05, 3.63) is 0 Å². The van der Waals surface area contributed by atoms with Gasteiger partial charge >= 0.3 is 5.97 Å². The number of ether oxygens (including phenoxy) is 2. The Morgan fingerprint density at radius 1 is 0.958 bits per heavy atom. The number of rotatable bonds is 9. The molecule has 1 heterocycles. The zero-order valence-electron chi connectivity index (χ0n) is 15.5. The molecule has 0 bridgehead atoms. The molecule has 2 saturated carbocycles. The molecule has 0 radical (unpaired) electrons. The summed E-state index contributed by atoms with van der Waals surface area (Å²) >= 11 is 0. The van der Waals surface area contributed by atoms with Gasteiger partial charge in [-0.15, -0.1) is 0 Å². The number of fused-ring (bicyclic) bond motifs is 1. The lowest BCUT2D eigenvalue weighted by Gasteiger charge is -2.26. The predicted molar refractivity (Wildman–Crippen MR) is 95.8 cm³/mol. The molecular formula is C21H36O3. The Balaban J connectivity index is 1.14. The van der Waals surface area contributed by atoms with Gasteiger partial charge in [0.15, 0.2) is 0 Å². The van der Waals surface area contributed by atoms with E-state index in [1.165, 1.54) is 57.8 Å². The molecule has 1 saturated heterocycles. The summed E-state index contributed by atoms with van der Waals surface area (Å²) in [7, 11) is 0. The van der Waals surface area contributed by atoms with E-state index in [0.717, 1.165) is 37.5 Å². The van der Waals surface area contributed by atoms with Gasteiger partial charge in [-0.05, 0) is 37.5 Å². The summed E-state index contributed by atoms with van der Waals surface area (Å²) in [6, 6.07) is 0. The minimum Gasteiger partial charge on any atom is -0.462 e. The molecule has 1 aliphatic heterocycles. The Labute approximate surface area is 147 Å². The van der Waals surface area contributed by atoms with Crippen LogP contribution in [0.4, 0.5) is 0 Å². The standard InChI is InChI=1S/C21H36O3/c1-16-8-7-10-17(14-16)9-5-3-2-4-6-11-21(22)23-18-12-13-19-20(15-18)24-19/h16-20H,2-15H2,1H3. The minimum absolute atomic E-state index is 0.00953. The molecule has 5 unspecified atom stereocenters. The van der Waals surface area contributed by atoms with Gasteiger partial charge in [-0.3, -0.25) is 4.79 Å². The lowest BCUT2D eigenvalue weighted by molar-refractivity contribution is -0.150. The monoisotopic (exact) mass is 336 g/mol. The van der Waals surface area contributed by atoms with Gasteiger partial charge < -0.3 is 9.47 Å². The van der Waals surface area contributed by atoms with E-state index in [4.69, 9.17) is 9.47 Å². The molecule has 0 amide bonds. The normalized spacial score (nSPS) is 35.3. The summed E-state index contributed by atoms with van der Waals surface area (Å²) in [5, 5.41) is 0. The van der Waals surface area contributed by atoms with Crippen LogP contribution in [0.5, 0.6) is 0 Å². The summed E-state index contributed by atoms with van der Waals surface area (Å²) < 4.78 is 11.1. The zero-order valence-corrected chi connectivity index (χ0v) is 15.5. The first kappa shape index (κ1) is 18.2. The molecule has 138 valence electrons. The van der Waals surface area contributed by atoms with E-state index in [9.17, 15) is 4.79 Å². The van der Waals surface area contributed by atoms with Crippen LogP contribution in [0.3, 0.4) is 0 Å². The highest BCUT2D eigenvalue weighted by Gasteiger charge is 2.44. The number of carbonyl (C=O) groups excluding carboxylic acids is 1. The smallest absolute Gasteiger partial charge is 0.306 e. The van der Waals surface area contributed by atoms with Gasteiger partial charge in [0.25, 0.3) is 0 Å². The molecule has 2 aliphatic carbocycles. The molecule has 0 spiro atoms. The second-order valence-corrected chi connectivity index (χ2v) is 8.58. The fourth-order valence-electron chi connectivity index (χ4n) is 4.77. The van der Waals surface area contributed by atoms with Gasteiger partial charge in [0.1, 0.15) is 6.10 Å². The van der Waals surface area contributed by atoms with Gasteiger partial charge in [-0.2, -0.15) is 0 Å². The maximum Gasteiger partial charge on any atom is 0.306 e. The highest BCUT2D eigenvalue weighted by atomic mass is 16.6. The van der Waals surface area contributed by atoms with E-state index in [-0.39, 0.29) is 12.1 Å². The van der Waals surface area contributed by atoms with E-state index in [1.54, 1.807) is 0 Å². The van der Waals surface area contributed by atoms with E-state index in [1.807, 2.05) is 0 Å². The van der Waals surface area contributed by atoms with Gasteiger partial charge in [0.05, 0.1) is 12.2 Å². The third kappa shape index (κ3) is 6.06. The first-order chi connectivity index (χ1) is 11.7. The number of hydrogen-bond acceptors (Lipinski definition) is 3. The van der Waals surface area contributed by atoms with Crippen LogP contribution in [0.1, 0.15) is 96.8 Å². The van der Waals surface area contributed by atoms with Crippen LogP contribution in [0.2, 0.25) is 0 Å². The second-order valence-electron chi connectivity index (χ2n) is 8.58. The van der Waals surface area contributed by atoms with Gasteiger partial charge in [0.2, 0.25) is 0 Å². The van der Waals surface area contributed by atoms with Crippen molar-refractivity contribution in [1.82, 2.24) is 0 Å². The molecule has 24 heavy (non-hydrogen) atoms. The number of carbonyl (C=O) groups is 1.